The number of hydroxylamine groups is 2. The Kier molecular flexibility index (Phi) is 5.18. The van der Waals surface area contributed by atoms with E-state index in [9.17, 15) is 9.59 Å². The number of carbonyl (C=O) groups excluding carboxylic acids is 2. The van der Waals surface area contributed by atoms with Crippen LogP contribution >= 0.6 is 0 Å². The van der Waals surface area contributed by atoms with Crippen LogP contribution in [0.4, 0.5) is 0 Å². The van der Waals surface area contributed by atoms with Crippen LogP contribution in [0.25, 0.3) is 0 Å². The van der Waals surface area contributed by atoms with Gasteiger partial charge >= 0.3 is 0 Å². The molecule has 0 N–H and O–H groups in total. The Morgan fingerprint density at radius 3 is 2.44 bits per heavy atom. The molecule has 3 rings (SSSR count). The molecular formula is C21H29NO4Si. The summed E-state index contributed by atoms with van der Waals surface area (Å²) in [5, 5.41) is 1.45. The van der Waals surface area contributed by atoms with Gasteiger partial charge in [-0.1, -0.05) is 57.2 Å². The van der Waals surface area contributed by atoms with Crippen LogP contribution in [0.5, 0.6) is 0 Å². The van der Waals surface area contributed by atoms with Gasteiger partial charge in [0.25, 0.3) is 0 Å². The van der Waals surface area contributed by atoms with Gasteiger partial charge in [0.2, 0.25) is 5.91 Å². The first-order chi connectivity index (χ1) is 12.5. The Hall–Kier alpha value is -1.76. The topological polar surface area (TPSA) is 55.8 Å². The normalized spacial score (nSPS) is 25.8. The van der Waals surface area contributed by atoms with Crippen LogP contribution in [0.2, 0.25) is 18.1 Å². The number of hydrogen-bond acceptors (Lipinski definition) is 4. The predicted molar refractivity (Wildman–Crippen MR) is 106 cm³/mol. The van der Waals surface area contributed by atoms with Crippen molar-refractivity contribution in [3.05, 3.63) is 48.0 Å². The molecule has 1 amide bonds. The highest BCUT2D eigenvalue weighted by molar-refractivity contribution is 6.74. The Morgan fingerprint density at radius 2 is 1.85 bits per heavy atom. The second kappa shape index (κ2) is 7.00. The lowest BCUT2D eigenvalue weighted by atomic mass is 9.77. The molecule has 146 valence electrons. The first kappa shape index (κ1) is 20.0. The van der Waals surface area contributed by atoms with Gasteiger partial charge in [-0.2, -0.15) is 0 Å². The lowest BCUT2D eigenvalue weighted by molar-refractivity contribution is -0.256. The zero-order valence-electron chi connectivity index (χ0n) is 16.8. The minimum absolute atomic E-state index is 0.0144. The van der Waals surface area contributed by atoms with Crippen molar-refractivity contribution in [2.24, 2.45) is 0 Å². The third kappa shape index (κ3) is 3.93. The fraction of sp³-hybridized carbons (Fsp3) is 0.524. The summed E-state index contributed by atoms with van der Waals surface area (Å²) >= 11 is 0. The molecule has 1 heterocycles. The van der Waals surface area contributed by atoms with Gasteiger partial charge in [-0.05, 0) is 29.8 Å². The third-order valence-electron chi connectivity index (χ3n) is 5.95. The largest absolute Gasteiger partial charge is 0.406 e. The molecule has 1 aliphatic carbocycles. The summed E-state index contributed by atoms with van der Waals surface area (Å²) in [6.45, 7) is 11.1. The number of nitrogens with zero attached hydrogens (tertiary/aromatic N) is 1. The van der Waals surface area contributed by atoms with E-state index in [1.807, 2.05) is 36.4 Å². The first-order valence-electron chi connectivity index (χ1n) is 9.45. The Labute approximate surface area is 162 Å². The maximum absolute atomic E-state index is 12.5. The van der Waals surface area contributed by atoms with Crippen molar-refractivity contribution < 1.29 is 18.9 Å². The maximum Gasteiger partial charge on any atom is 0.249 e. The number of amides is 1. The zero-order valence-corrected chi connectivity index (χ0v) is 17.8. The van der Waals surface area contributed by atoms with E-state index in [4.69, 9.17) is 9.26 Å². The van der Waals surface area contributed by atoms with E-state index in [0.29, 0.717) is 19.4 Å². The van der Waals surface area contributed by atoms with Crippen molar-refractivity contribution in [3.8, 4) is 0 Å². The average molecular weight is 388 g/mol. The zero-order chi connectivity index (χ0) is 19.9. The predicted octanol–water partition coefficient (Wildman–Crippen LogP) is 4.01. The van der Waals surface area contributed by atoms with E-state index in [1.54, 1.807) is 6.08 Å². The molecule has 0 saturated carbocycles. The molecule has 5 nitrogen and oxygen atoms in total. The number of β-lactam (4-membered cyclic amide) rings is 1. The van der Waals surface area contributed by atoms with Gasteiger partial charge in [0, 0.05) is 6.42 Å². The Balaban J connectivity index is 1.72. The van der Waals surface area contributed by atoms with Crippen molar-refractivity contribution in [1.29, 1.82) is 0 Å². The molecule has 2 atom stereocenters. The Morgan fingerprint density at radius 1 is 1.19 bits per heavy atom. The van der Waals surface area contributed by atoms with E-state index < -0.39 is 20.0 Å². The van der Waals surface area contributed by atoms with E-state index in [-0.39, 0.29) is 16.7 Å². The van der Waals surface area contributed by atoms with Gasteiger partial charge < -0.3 is 4.43 Å². The van der Waals surface area contributed by atoms with E-state index >= 15 is 0 Å². The minimum Gasteiger partial charge on any atom is -0.406 e. The monoisotopic (exact) mass is 387 g/mol. The van der Waals surface area contributed by atoms with Gasteiger partial charge in [-0.15, -0.1) is 0 Å². The lowest BCUT2D eigenvalue weighted by Crippen LogP contribution is -2.65. The van der Waals surface area contributed by atoms with Crippen molar-refractivity contribution in [3.63, 3.8) is 0 Å². The Bertz CT molecular complexity index is 753. The molecule has 0 radical (unpaired) electrons. The summed E-state index contributed by atoms with van der Waals surface area (Å²) in [6.07, 6.45) is 3.66. The number of hydrogen-bond donors (Lipinski definition) is 0. The highest BCUT2D eigenvalue weighted by atomic mass is 28.4. The molecule has 2 aliphatic rings. The van der Waals surface area contributed by atoms with Crippen molar-refractivity contribution in [2.45, 2.75) is 70.0 Å². The van der Waals surface area contributed by atoms with Crippen LogP contribution in [0.3, 0.4) is 0 Å². The van der Waals surface area contributed by atoms with Crippen molar-refractivity contribution >= 4 is 20.0 Å². The van der Waals surface area contributed by atoms with Crippen LogP contribution in [0, 0.1) is 0 Å². The highest BCUT2D eigenvalue weighted by Gasteiger charge is 2.55. The maximum atomic E-state index is 12.5. The second-order valence-corrected chi connectivity index (χ2v) is 13.8. The number of rotatable bonds is 5. The fourth-order valence-corrected chi connectivity index (χ4v) is 4.49. The van der Waals surface area contributed by atoms with Gasteiger partial charge in [-0.25, -0.2) is 5.06 Å². The van der Waals surface area contributed by atoms with Gasteiger partial charge in [0.05, 0.1) is 6.42 Å². The molecule has 1 aromatic rings. The third-order valence-corrected chi connectivity index (χ3v) is 10.4. The summed E-state index contributed by atoms with van der Waals surface area (Å²) in [7, 11) is -2.09. The quantitative estimate of drug-likeness (QED) is 0.566. The van der Waals surface area contributed by atoms with Crippen LogP contribution in [-0.2, 0) is 25.5 Å². The molecule has 27 heavy (non-hydrogen) atoms. The lowest BCUT2D eigenvalue weighted by Gasteiger charge is -2.52. The minimum atomic E-state index is -2.09. The van der Waals surface area contributed by atoms with Gasteiger partial charge in [0.15, 0.2) is 14.1 Å². The second-order valence-electron chi connectivity index (χ2n) is 9.03. The average Bonchev–Trinajstić information content (AvgIpc) is 2.57. The SMILES string of the molecule is CC(C)(C)[Si](C)(C)O[C@H]1C[C@]2(C=CC1=O)CC(=O)N2OCc1ccccc1. The molecule has 1 saturated heterocycles. The number of carbonyl (C=O) groups is 2. The summed E-state index contributed by atoms with van der Waals surface area (Å²) in [5.41, 5.74) is 0.421. The van der Waals surface area contributed by atoms with Crippen LogP contribution in [0.15, 0.2) is 42.5 Å². The standard InChI is InChI=1S/C21H29NO4Si/c1-20(2,3)27(4,5)26-18-13-21(12-11-17(18)23)14-19(24)22(21)25-15-16-9-7-6-8-10-16/h6-12,18H,13-15H2,1-5H3/t18-,21+/m0/s1. The number of benzene rings is 1. The van der Waals surface area contributed by atoms with E-state index in [1.165, 1.54) is 5.06 Å². The molecule has 0 aromatic heterocycles. The van der Waals surface area contributed by atoms with Crippen LogP contribution in [0.1, 0.15) is 39.2 Å². The highest BCUT2D eigenvalue weighted by Crippen LogP contribution is 2.44. The fourth-order valence-electron chi connectivity index (χ4n) is 3.22. The van der Waals surface area contributed by atoms with Crippen LogP contribution < -0.4 is 0 Å². The van der Waals surface area contributed by atoms with Crippen molar-refractivity contribution in [2.75, 3.05) is 0 Å². The van der Waals surface area contributed by atoms with Crippen LogP contribution in [-0.4, -0.2) is 36.7 Å². The molecule has 1 fully saturated rings. The molecule has 6 heteroatoms. The van der Waals surface area contributed by atoms with Gasteiger partial charge in [-0.3, -0.25) is 14.4 Å². The van der Waals surface area contributed by atoms with Crippen molar-refractivity contribution in [1.82, 2.24) is 5.06 Å². The summed E-state index contributed by atoms with van der Waals surface area (Å²) in [4.78, 5) is 30.5. The molecule has 1 aliphatic heterocycles. The molecule has 0 bridgehead atoms. The molecule has 0 unspecified atom stereocenters. The molecular weight excluding hydrogens is 358 g/mol. The van der Waals surface area contributed by atoms with Gasteiger partial charge in [0.1, 0.15) is 18.2 Å². The smallest absolute Gasteiger partial charge is 0.249 e. The summed E-state index contributed by atoms with van der Waals surface area (Å²) < 4.78 is 6.38. The number of ketones is 1. The van der Waals surface area contributed by atoms with E-state index in [2.05, 4.69) is 33.9 Å². The first-order valence-corrected chi connectivity index (χ1v) is 12.4. The van der Waals surface area contributed by atoms with E-state index in [0.717, 1.165) is 5.56 Å². The summed E-state index contributed by atoms with van der Waals surface area (Å²) in [6, 6.07) is 9.74. The molecule has 1 aromatic carbocycles. The molecule has 1 spiro atoms. The summed E-state index contributed by atoms with van der Waals surface area (Å²) in [5.74, 6) is -0.0798.